The van der Waals surface area contributed by atoms with Gasteiger partial charge in [0.2, 0.25) is 0 Å². The van der Waals surface area contributed by atoms with Crippen LogP contribution in [0.15, 0.2) is 18.3 Å². The number of hydrogen-bond donors (Lipinski definition) is 2. The second-order valence-corrected chi connectivity index (χ2v) is 2.05. The molecular weight excluding hydrogens is 215 g/mol. The number of pyridine rings is 1. The highest BCUT2D eigenvalue weighted by Crippen LogP contribution is 2.00. The van der Waals surface area contributed by atoms with Crippen LogP contribution in [0, 0.1) is 0 Å². The topological polar surface area (TPSA) is 76.2 Å². The second-order valence-electron chi connectivity index (χ2n) is 2.05. The smallest absolute Gasteiger partial charge is 0.335 e. The molecule has 1 heterocycles. The Balaban J connectivity index is 0. The van der Waals surface area contributed by atoms with E-state index in [0.29, 0.717) is 5.69 Å². The van der Waals surface area contributed by atoms with Crippen LogP contribution >= 0.6 is 24.8 Å². The van der Waals surface area contributed by atoms with Crippen molar-refractivity contribution in [2.45, 2.75) is 6.54 Å². The molecule has 0 amide bonds. The highest BCUT2D eigenvalue weighted by molar-refractivity contribution is 5.87. The molecule has 1 rings (SSSR count). The number of hydrogen-bond acceptors (Lipinski definition) is 3. The van der Waals surface area contributed by atoms with E-state index in [4.69, 9.17) is 10.8 Å². The van der Waals surface area contributed by atoms with Gasteiger partial charge in [0.25, 0.3) is 0 Å². The van der Waals surface area contributed by atoms with Gasteiger partial charge in [-0.1, -0.05) is 0 Å². The zero-order valence-corrected chi connectivity index (χ0v) is 8.27. The van der Waals surface area contributed by atoms with Crippen LogP contribution in [0.25, 0.3) is 0 Å². The van der Waals surface area contributed by atoms with Gasteiger partial charge in [-0.3, -0.25) is 4.98 Å². The summed E-state index contributed by atoms with van der Waals surface area (Å²) in [7, 11) is 0. The SMILES string of the molecule is Cl.Cl.NCc1cc(C(=O)O)ccn1. The highest BCUT2D eigenvalue weighted by atomic mass is 35.5. The summed E-state index contributed by atoms with van der Waals surface area (Å²) in [6.45, 7) is 0.265. The molecule has 1 aromatic heterocycles. The maximum atomic E-state index is 10.4. The minimum absolute atomic E-state index is 0. The van der Waals surface area contributed by atoms with Gasteiger partial charge in [0, 0.05) is 12.7 Å². The van der Waals surface area contributed by atoms with Crippen molar-refractivity contribution in [2.75, 3.05) is 0 Å². The average Bonchev–Trinajstić information content (AvgIpc) is 2.05. The van der Waals surface area contributed by atoms with Gasteiger partial charge in [0.1, 0.15) is 0 Å². The van der Waals surface area contributed by atoms with Crippen LogP contribution in [-0.2, 0) is 6.54 Å². The molecule has 1 aromatic rings. The third-order valence-electron chi connectivity index (χ3n) is 1.27. The Hall–Kier alpha value is -0.840. The van der Waals surface area contributed by atoms with E-state index < -0.39 is 5.97 Å². The molecule has 0 aromatic carbocycles. The summed E-state index contributed by atoms with van der Waals surface area (Å²) >= 11 is 0. The monoisotopic (exact) mass is 224 g/mol. The van der Waals surface area contributed by atoms with E-state index in [9.17, 15) is 4.79 Å². The molecule has 0 aliphatic heterocycles. The normalized spacial score (nSPS) is 8.08. The van der Waals surface area contributed by atoms with Crippen molar-refractivity contribution in [2.24, 2.45) is 5.73 Å². The van der Waals surface area contributed by atoms with Gasteiger partial charge in [-0.05, 0) is 12.1 Å². The number of rotatable bonds is 2. The molecule has 3 N–H and O–H groups in total. The fraction of sp³-hybridized carbons (Fsp3) is 0.143. The van der Waals surface area contributed by atoms with Crippen LogP contribution in [0.1, 0.15) is 16.1 Å². The van der Waals surface area contributed by atoms with Crippen molar-refractivity contribution in [3.63, 3.8) is 0 Å². The highest BCUT2D eigenvalue weighted by Gasteiger charge is 2.01. The molecule has 0 unspecified atom stereocenters. The van der Waals surface area contributed by atoms with E-state index >= 15 is 0 Å². The molecule has 0 saturated carbocycles. The molecule has 0 aliphatic carbocycles. The molecule has 13 heavy (non-hydrogen) atoms. The van der Waals surface area contributed by atoms with E-state index in [1.807, 2.05) is 0 Å². The number of aromatic carboxylic acids is 1. The fourth-order valence-corrected chi connectivity index (χ4v) is 0.723. The van der Waals surface area contributed by atoms with Crippen molar-refractivity contribution in [3.8, 4) is 0 Å². The average molecular weight is 225 g/mol. The largest absolute Gasteiger partial charge is 0.478 e. The number of nitrogens with zero attached hydrogens (tertiary/aromatic N) is 1. The molecule has 0 fully saturated rings. The first-order valence-electron chi connectivity index (χ1n) is 3.12. The lowest BCUT2D eigenvalue weighted by atomic mass is 10.2. The summed E-state index contributed by atoms with van der Waals surface area (Å²) in [6.07, 6.45) is 1.44. The predicted molar refractivity (Wildman–Crippen MR) is 53.6 cm³/mol. The maximum absolute atomic E-state index is 10.4. The van der Waals surface area contributed by atoms with E-state index in [1.165, 1.54) is 18.3 Å². The Morgan fingerprint density at radius 2 is 2.15 bits per heavy atom. The van der Waals surface area contributed by atoms with E-state index in [0.717, 1.165) is 0 Å². The number of halogens is 2. The number of carboxylic acid groups (broad SMARTS) is 1. The van der Waals surface area contributed by atoms with Crippen molar-refractivity contribution in [3.05, 3.63) is 29.6 Å². The van der Waals surface area contributed by atoms with Gasteiger partial charge in [-0.15, -0.1) is 24.8 Å². The van der Waals surface area contributed by atoms with Gasteiger partial charge in [0.05, 0.1) is 11.3 Å². The number of carbonyl (C=O) groups is 1. The van der Waals surface area contributed by atoms with Crippen LogP contribution in [0.2, 0.25) is 0 Å². The molecule has 0 atom stereocenters. The van der Waals surface area contributed by atoms with Crippen LogP contribution in [0.3, 0.4) is 0 Å². The van der Waals surface area contributed by atoms with Crippen molar-refractivity contribution in [1.82, 2.24) is 4.98 Å². The lowest BCUT2D eigenvalue weighted by Gasteiger charge is -1.96. The summed E-state index contributed by atoms with van der Waals surface area (Å²) in [4.78, 5) is 14.3. The molecule has 0 bridgehead atoms. The Bertz CT molecular complexity index is 281. The van der Waals surface area contributed by atoms with Gasteiger partial charge in [-0.25, -0.2) is 4.79 Å². The molecule has 4 nitrogen and oxygen atoms in total. The molecular formula is C7H10Cl2N2O2. The van der Waals surface area contributed by atoms with Gasteiger partial charge in [-0.2, -0.15) is 0 Å². The fourth-order valence-electron chi connectivity index (χ4n) is 0.723. The van der Waals surface area contributed by atoms with Crippen LogP contribution in [-0.4, -0.2) is 16.1 Å². The summed E-state index contributed by atoms with van der Waals surface area (Å²) in [5, 5.41) is 8.54. The first-order valence-corrected chi connectivity index (χ1v) is 3.12. The van der Waals surface area contributed by atoms with E-state index in [2.05, 4.69) is 4.98 Å². The third-order valence-corrected chi connectivity index (χ3v) is 1.27. The quantitative estimate of drug-likeness (QED) is 0.789. The number of nitrogens with two attached hydrogens (primary N) is 1. The van der Waals surface area contributed by atoms with Crippen molar-refractivity contribution in [1.29, 1.82) is 0 Å². The molecule has 0 spiro atoms. The third kappa shape index (κ3) is 4.07. The lowest BCUT2D eigenvalue weighted by Crippen LogP contribution is -2.03. The molecule has 0 aliphatic rings. The predicted octanol–water partition coefficient (Wildman–Crippen LogP) is 1.08. The number of aromatic nitrogens is 1. The summed E-state index contributed by atoms with van der Waals surface area (Å²) in [6, 6.07) is 2.89. The van der Waals surface area contributed by atoms with E-state index in [1.54, 1.807) is 0 Å². The molecule has 74 valence electrons. The summed E-state index contributed by atoms with van der Waals surface area (Å²) in [5.41, 5.74) is 6.07. The first kappa shape index (κ1) is 14.7. The molecule has 6 heteroatoms. The second kappa shape index (κ2) is 6.65. The maximum Gasteiger partial charge on any atom is 0.335 e. The number of carboxylic acids is 1. The Kier molecular flexibility index (Phi) is 7.51. The van der Waals surface area contributed by atoms with Crippen molar-refractivity contribution >= 4 is 30.8 Å². The summed E-state index contributed by atoms with van der Waals surface area (Å²) < 4.78 is 0. The van der Waals surface area contributed by atoms with Gasteiger partial charge < -0.3 is 10.8 Å². The molecule has 0 radical (unpaired) electrons. The van der Waals surface area contributed by atoms with Gasteiger partial charge >= 0.3 is 5.97 Å². The minimum atomic E-state index is -0.956. The zero-order valence-electron chi connectivity index (χ0n) is 6.64. The first-order chi connectivity index (χ1) is 5.24. The Morgan fingerprint density at radius 1 is 1.54 bits per heavy atom. The minimum Gasteiger partial charge on any atom is -0.478 e. The lowest BCUT2D eigenvalue weighted by molar-refractivity contribution is 0.0696. The summed E-state index contributed by atoms with van der Waals surface area (Å²) in [5.74, 6) is -0.956. The van der Waals surface area contributed by atoms with Gasteiger partial charge in [0.15, 0.2) is 0 Å². The van der Waals surface area contributed by atoms with Crippen molar-refractivity contribution < 1.29 is 9.90 Å². The van der Waals surface area contributed by atoms with Crippen LogP contribution in [0.5, 0.6) is 0 Å². The zero-order chi connectivity index (χ0) is 8.27. The Morgan fingerprint density at radius 3 is 2.62 bits per heavy atom. The molecule has 0 saturated heterocycles. The Labute approximate surface area is 88.0 Å². The van der Waals surface area contributed by atoms with Crippen LogP contribution < -0.4 is 5.73 Å². The van der Waals surface area contributed by atoms with E-state index in [-0.39, 0.29) is 36.9 Å². The standard InChI is InChI=1S/C7H8N2O2.2ClH/c8-4-6-3-5(7(10)11)1-2-9-6;;/h1-3H,4,8H2,(H,10,11);2*1H. The van der Waals surface area contributed by atoms with Crippen LogP contribution in [0.4, 0.5) is 0 Å².